The van der Waals surface area contributed by atoms with Gasteiger partial charge in [0.1, 0.15) is 17.2 Å². The molecule has 1 heterocycles. The number of nitrogens with zero attached hydrogens (tertiary/aromatic N) is 2. The molecule has 0 saturated carbocycles. The first-order valence-corrected chi connectivity index (χ1v) is 8.26. The van der Waals surface area contributed by atoms with E-state index in [1.54, 1.807) is 18.1 Å². The molecule has 0 radical (unpaired) electrons. The smallest absolute Gasteiger partial charge is 0.410 e. The van der Waals surface area contributed by atoms with Crippen LogP contribution in [0.3, 0.4) is 0 Å². The molecule has 1 saturated heterocycles. The number of carbonyl (C=O) groups excluding carboxylic acids is 1. The van der Waals surface area contributed by atoms with Crippen LogP contribution in [0, 0.1) is 5.82 Å². The maximum Gasteiger partial charge on any atom is 0.410 e. The second-order valence-corrected chi connectivity index (χ2v) is 7.25. The Hall–Kier alpha value is -1.50. The molecule has 0 bridgehead atoms. The molecule has 1 amide bonds. The minimum absolute atomic E-state index is 0.314. The summed E-state index contributed by atoms with van der Waals surface area (Å²) >= 11 is 3.16. The van der Waals surface area contributed by atoms with E-state index in [2.05, 4.69) is 15.9 Å². The second kappa shape index (κ2) is 6.95. The molecular formula is C16H22BrFN2O3. The van der Waals surface area contributed by atoms with Crippen LogP contribution in [0.5, 0.6) is 5.75 Å². The number of carbonyl (C=O) groups is 1. The lowest BCUT2D eigenvalue weighted by atomic mass is 10.2. The number of halogens is 2. The quantitative estimate of drug-likeness (QED) is 0.775. The van der Waals surface area contributed by atoms with Crippen molar-refractivity contribution >= 4 is 27.7 Å². The van der Waals surface area contributed by atoms with Gasteiger partial charge in [0.2, 0.25) is 0 Å². The Kier molecular flexibility index (Phi) is 5.39. The minimum Gasteiger partial charge on any atom is -0.495 e. The van der Waals surface area contributed by atoms with E-state index < -0.39 is 5.60 Å². The number of methoxy groups -OCH3 is 1. The standard InChI is InChI=1S/C16H22BrFN2O3/c1-16(2,3)23-15(21)20-7-5-19(6-8-20)13-10-12(18)11(17)9-14(13)22-4/h9-10H,5-8H2,1-4H3. The maximum absolute atomic E-state index is 13.8. The third-order valence-corrected chi connectivity index (χ3v) is 4.10. The summed E-state index contributed by atoms with van der Waals surface area (Å²) in [7, 11) is 1.56. The zero-order valence-electron chi connectivity index (χ0n) is 13.9. The number of hydrogen-bond donors (Lipinski definition) is 0. The highest BCUT2D eigenvalue weighted by molar-refractivity contribution is 9.10. The van der Waals surface area contributed by atoms with E-state index in [9.17, 15) is 9.18 Å². The summed E-state index contributed by atoms with van der Waals surface area (Å²) in [4.78, 5) is 15.8. The highest BCUT2D eigenvalue weighted by Gasteiger charge is 2.27. The monoisotopic (exact) mass is 388 g/mol. The first-order valence-electron chi connectivity index (χ1n) is 7.47. The van der Waals surface area contributed by atoms with E-state index in [0.29, 0.717) is 42.1 Å². The fraction of sp³-hybridized carbons (Fsp3) is 0.562. The molecule has 7 heteroatoms. The van der Waals surface area contributed by atoms with Crippen LogP contribution < -0.4 is 9.64 Å². The first kappa shape index (κ1) is 17.8. The van der Waals surface area contributed by atoms with Gasteiger partial charge in [-0.3, -0.25) is 0 Å². The van der Waals surface area contributed by atoms with Crippen LogP contribution in [0.1, 0.15) is 20.8 Å². The van der Waals surface area contributed by atoms with Gasteiger partial charge in [0.15, 0.2) is 0 Å². The molecule has 0 atom stereocenters. The molecule has 0 aromatic heterocycles. The number of benzene rings is 1. The first-order chi connectivity index (χ1) is 10.7. The predicted molar refractivity (Wildman–Crippen MR) is 90.7 cm³/mol. The van der Waals surface area contributed by atoms with Gasteiger partial charge in [-0.05, 0) is 42.8 Å². The number of ether oxygens (including phenoxy) is 2. The van der Waals surface area contributed by atoms with Crippen molar-refractivity contribution in [2.45, 2.75) is 26.4 Å². The lowest BCUT2D eigenvalue weighted by molar-refractivity contribution is 0.0240. The topological polar surface area (TPSA) is 42.0 Å². The van der Waals surface area contributed by atoms with E-state index in [-0.39, 0.29) is 11.9 Å². The Labute approximate surface area is 144 Å². The van der Waals surface area contributed by atoms with Crippen LogP contribution in [0.4, 0.5) is 14.9 Å². The average molecular weight is 389 g/mol. The Bertz CT molecular complexity index is 581. The zero-order chi connectivity index (χ0) is 17.2. The summed E-state index contributed by atoms with van der Waals surface area (Å²) in [6.45, 7) is 7.77. The Balaban J connectivity index is 2.05. The number of anilines is 1. The molecule has 0 aliphatic carbocycles. The normalized spacial score (nSPS) is 15.6. The van der Waals surface area contributed by atoms with Crippen molar-refractivity contribution in [3.63, 3.8) is 0 Å². The third-order valence-electron chi connectivity index (χ3n) is 3.49. The number of amides is 1. The van der Waals surface area contributed by atoms with Crippen LogP contribution >= 0.6 is 15.9 Å². The molecule has 0 N–H and O–H groups in total. The highest BCUT2D eigenvalue weighted by Crippen LogP contribution is 2.34. The molecule has 1 aromatic rings. The molecule has 1 aliphatic heterocycles. The summed E-state index contributed by atoms with van der Waals surface area (Å²) in [5, 5.41) is 0. The SMILES string of the molecule is COc1cc(Br)c(F)cc1N1CCN(C(=O)OC(C)(C)C)CC1. The van der Waals surface area contributed by atoms with Gasteiger partial charge in [-0.25, -0.2) is 9.18 Å². The minimum atomic E-state index is -0.508. The summed E-state index contributed by atoms with van der Waals surface area (Å²) < 4.78 is 24.9. The van der Waals surface area contributed by atoms with Crippen molar-refractivity contribution in [2.24, 2.45) is 0 Å². The van der Waals surface area contributed by atoms with Crippen molar-refractivity contribution in [3.05, 3.63) is 22.4 Å². The lowest BCUT2D eigenvalue weighted by Crippen LogP contribution is -2.50. The number of rotatable bonds is 2. The van der Waals surface area contributed by atoms with Crippen LogP contribution in [-0.2, 0) is 4.74 Å². The third kappa shape index (κ3) is 4.50. The van der Waals surface area contributed by atoms with Gasteiger partial charge in [-0.15, -0.1) is 0 Å². The van der Waals surface area contributed by atoms with Crippen molar-refractivity contribution in [3.8, 4) is 5.75 Å². The Morgan fingerprint density at radius 1 is 1.22 bits per heavy atom. The van der Waals surface area contributed by atoms with Gasteiger partial charge in [0, 0.05) is 32.2 Å². The summed E-state index contributed by atoms with van der Waals surface area (Å²) in [5.41, 5.74) is 0.184. The number of piperazine rings is 1. The van der Waals surface area contributed by atoms with Crippen molar-refractivity contribution in [1.29, 1.82) is 0 Å². The molecule has 0 unspecified atom stereocenters. The van der Waals surface area contributed by atoms with Crippen molar-refractivity contribution < 1.29 is 18.7 Å². The fourth-order valence-electron chi connectivity index (χ4n) is 2.39. The Morgan fingerprint density at radius 2 is 1.83 bits per heavy atom. The molecular weight excluding hydrogens is 367 g/mol. The molecule has 1 aromatic carbocycles. The molecule has 1 aliphatic rings. The van der Waals surface area contributed by atoms with Gasteiger partial charge in [-0.2, -0.15) is 0 Å². The molecule has 5 nitrogen and oxygen atoms in total. The average Bonchev–Trinajstić information content (AvgIpc) is 2.48. The highest BCUT2D eigenvalue weighted by atomic mass is 79.9. The molecule has 1 fully saturated rings. The van der Waals surface area contributed by atoms with Crippen molar-refractivity contribution in [1.82, 2.24) is 4.90 Å². The van der Waals surface area contributed by atoms with Gasteiger partial charge < -0.3 is 19.3 Å². The van der Waals surface area contributed by atoms with Gasteiger partial charge in [-0.1, -0.05) is 0 Å². The van der Waals surface area contributed by atoms with E-state index in [1.807, 2.05) is 25.7 Å². The van der Waals surface area contributed by atoms with E-state index in [0.717, 1.165) is 0 Å². The van der Waals surface area contributed by atoms with Gasteiger partial charge >= 0.3 is 6.09 Å². The van der Waals surface area contributed by atoms with Gasteiger partial charge in [0.25, 0.3) is 0 Å². The summed E-state index contributed by atoms with van der Waals surface area (Å²) in [6, 6.07) is 3.07. The lowest BCUT2D eigenvalue weighted by Gasteiger charge is -2.37. The summed E-state index contributed by atoms with van der Waals surface area (Å²) in [5.74, 6) is 0.263. The van der Waals surface area contributed by atoms with Crippen LogP contribution in [0.15, 0.2) is 16.6 Å². The molecule has 2 rings (SSSR count). The van der Waals surface area contributed by atoms with Crippen LogP contribution in [-0.4, -0.2) is 49.9 Å². The van der Waals surface area contributed by atoms with E-state index in [1.165, 1.54) is 6.07 Å². The second-order valence-electron chi connectivity index (χ2n) is 6.39. The molecule has 0 spiro atoms. The number of hydrogen-bond acceptors (Lipinski definition) is 4. The van der Waals surface area contributed by atoms with E-state index >= 15 is 0 Å². The van der Waals surface area contributed by atoms with Crippen LogP contribution in [0.2, 0.25) is 0 Å². The molecule has 128 valence electrons. The van der Waals surface area contributed by atoms with Crippen molar-refractivity contribution in [2.75, 3.05) is 38.2 Å². The van der Waals surface area contributed by atoms with Crippen LogP contribution in [0.25, 0.3) is 0 Å². The zero-order valence-corrected chi connectivity index (χ0v) is 15.4. The summed E-state index contributed by atoms with van der Waals surface area (Å²) in [6.07, 6.45) is -0.314. The largest absolute Gasteiger partial charge is 0.495 e. The fourth-order valence-corrected chi connectivity index (χ4v) is 2.71. The van der Waals surface area contributed by atoms with Gasteiger partial charge in [0.05, 0.1) is 17.3 Å². The molecule has 23 heavy (non-hydrogen) atoms. The van der Waals surface area contributed by atoms with E-state index in [4.69, 9.17) is 9.47 Å². The maximum atomic E-state index is 13.8. The Morgan fingerprint density at radius 3 is 2.35 bits per heavy atom. The predicted octanol–water partition coefficient (Wildman–Crippen LogP) is 3.65.